The number of carbonyl (C=O) groups is 2. The molecule has 0 saturated heterocycles. The van der Waals surface area contributed by atoms with Crippen LogP contribution in [0.2, 0.25) is 0 Å². The van der Waals surface area contributed by atoms with Crippen molar-refractivity contribution in [1.29, 1.82) is 0 Å². The van der Waals surface area contributed by atoms with Gasteiger partial charge in [0.1, 0.15) is 5.75 Å². The van der Waals surface area contributed by atoms with E-state index in [2.05, 4.69) is 15.8 Å². The number of nitrogens with one attached hydrogen (secondary N) is 2. The Balaban J connectivity index is 1.59. The number of anilines is 1. The molecule has 2 N–H and O–H groups in total. The Morgan fingerprint density at radius 1 is 1.06 bits per heavy atom. The number of benzene rings is 3. The number of para-hydroxylation sites is 1. The van der Waals surface area contributed by atoms with Crippen LogP contribution in [0.3, 0.4) is 0 Å². The third-order valence-corrected chi connectivity index (χ3v) is 4.27. The normalized spacial score (nSPS) is 10.5. The molecular formula is C23H20N4O5. The fourth-order valence-electron chi connectivity index (χ4n) is 2.77. The summed E-state index contributed by atoms with van der Waals surface area (Å²) in [5, 5.41) is 17.5. The average molecular weight is 432 g/mol. The van der Waals surface area contributed by atoms with Crippen molar-refractivity contribution in [2.24, 2.45) is 5.10 Å². The molecule has 0 saturated carbocycles. The molecule has 162 valence electrons. The highest BCUT2D eigenvalue weighted by atomic mass is 16.6. The minimum absolute atomic E-state index is 0.105. The minimum Gasteiger partial charge on any atom is -0.483 e. The molecule has 3 aromatic rings. The lowest BCUT2D eigenvalue weighted by Gasteiger charge is -2.10. The zero-order valence-electron chi connectivity index (χ0n) is 17.1. The van der Waals surface area contributed by atoms with E-state index in [1.807, 2.05) is 25.1 Å². The van der Waals surface area contributed by atoms with Crippen LogP contribution in [0.25, 0.3) is 0 Å². The first kappa shape index (κ1) is 22.2. The van der Waals surface area contributed by atoms with Crippen LogP contribution in [-0.4, -0.2) is 29.6 Å². The number of nitrogens with zero attached hydrogens (tertiary/aromatic N) is 2. The van der Waals surface area contributed by atoms with Crippen LogP contribution in [0.15, 0.2) is 77.9 Å². The smallest absolute Gasteiger partial charge is 0.271 e. The Morgan fingerprint density at radius 3 is 2.62 bits per heavy atom. The molecule has 0 fully saturated rings. The summed E-state index contributed by atoms with van der Waals surface area (Å²) in [6.45, 7) is 1.72. The van der Waals surface area contributed by atoms with Crippen LogP contribution >= 0.6 is 0 Å². The molecule has 0 spiro atoms. The van der Waals surface area contributed by atoms with Crippen LogP contribution in [0.4, 0.5) is 11.4 Å². The van der Waals surface area contributed by atoms with Gasteiger partial charge >= 0.3 is 0 Å². The molecule has 0 aromatic heterocycles. The summed E-state index contributed by atoms with van der Waals surface area (Å²) in [5.41, 5.74) is 4.47. The molecule has 3 rings (SSSR count). The van der Waals surface area contributed by atoms with Gasteiger partial charge in [-0.25, -0.2) is 5.43 Å². The lowest BCUT2D eigenvalue weighted by atomic mass is 10.2. The molecule has 3 aromatic carbocycles. The van der Waals surface area contributed by atoms with Gasteiger partial charge in [-0.2, -0.15) is 5.10 Å². The van der Waals surface area contributed by atoms with Gasteiger partial charge in [-0.05, 0) is 42.8 Å². The molecule has 9 nitrogen and oxygen atoms in total. The van der Waals surface area contributed by atoms with Crippen molar-refractivity contribution in [3.8, 4) is 5.75 Å². The SMILES string of the molecule is Cc1cccc(NC(=O)COc2ccccc2/C=N/NC(=O)c2cccc([N+](=O)[O-])c2)c1. The highest BCUT2D eigenvalue weighted by Gasteiger charge is 2.11. The maximum atomic E-state index is 12.2. The van der Waals surface area contributed by atoms with Crippen molar-refractivity contribution in [2.75, 3.05) is 11.9 Å². The van der Waals surface area contributed by atoms with E-state index in [9.17, 15) is 19.7 Å². The summed E-state index contributed by atoms with van der Waals surface area (Å²) in [4.78, 5) is 34.6. The second-order valence-electron chi connectivity index (χ2n) is 6.75. The molecule has 9 heteroatoms. The molecule has 0 unspecified atom stereocenters. The van der Waals surface area contributed by atoms with Crippen LogP contribution in [0.1, 0.15) is 21.5 Å². The first-order valence-corrected chi connectivity index (χ1v) is 9.58. The monoisotopic (exact) mass is 432 g/mol. The van der Waals surface area contributed by atoms with Gasteiger partial charge in [-0.15, -0.1) is 0 Å². The second kappa shape index (κ2) is 10.5. The number of hydrogen-bond acceptors (Lipinski definition) is 6. The first-order valence-electron chi connectivity index (χ1n) is 9.58. The molecule has 0 heterocycles. The molecule has 0 aliphatic rings. The van der Waals surface area contributed by atoms with Gasteiger partial charge in [0.15, 0.2) is 6.61 Å². The highest BCUT2D eigenvalue weighted by Crippen LogP contribution is 2.17. The van der Waals surface area contributed by atoms with Gasteiger partial charge in [0.2, 0.25) is 0 Å². The van der Waals surface area contributed by atoms with E-state index in [1.165, 1.54) is 24.4 Å². The van der Waals surface area contributed by atoms with Gasteiger partial charge in [0, 0.05) is 28.9 Å². The summed E-state index contributed by atoms with van der Waals surface area (Å²) in [7, 11) is 0. The summed E-state index contributed by atoms with van der Waals surface area (Å²) in [6.07, 6.45) is 1.36. The van der Waals surface area contributed by atoms with Gasteiger partial charge < -0.3 is 10.1 Å². The van der Waals surface area contributed by atoms with Crippen molar-refractivity contribution in [3.63, 3.8) is 0 Å². The fraction of sp³-hybridized carbons (Fsp3) is 0.0870. The topological polar surface area (TPSA) is 123 Å². The molecule has 0 aliphatic heterocycles. The van der Waals surface area contributed by atoms with Gasteiger partial charge in [-0.3, -0.25) is 19.7 Å². The number of hydrazone groups is 1. The number of nitro benzene ring substituents is 1. The van der Waals surface area contributed by atoms with Crippen molar-refractivity contribution in [1.82, 2.24) is 5.43 Å². The Bertz CT molecular complexity index is 1180. The predicted octanol–water partition coefficient (Wildman–Crippen LogP) is 3.68. The number of ether oxygens (including phenoxy) is 1. The van der Waals surface area contributed by atoms with E-state index in [0.717, 1.165) is 11.6 Å². The quantitative estimate of drug-likeness (QED) is 0.319. The average Bonchev–Trinajstić information content (AvgIpc) is 2.78. The number of aryl methyl sites for hydroxylation is 1. The number of carbonyl (C=O) groups excluding carboxylic acids is 2. The fourth-order valence-corrected chi connectivity index (χ4v) is 2.77. The maximum absolute atomic E-state index is 12.2. The Morgan fingerprint density at radius 2 is 1.84 bits per heavy atom. The molecule has 0 aliphatic carbocycles. The largest absolute Gasteiger partial charge is 0.483 e. The van der Waals surface area contributed by atoms with Gasteiger partial charge in [-0.1, -0.05) is 30.3 Å². The lowest BCUT2D eigenvalue weighted by molar-refractivity contribution is -0.384. The maximum Gasteiger partial charge on any atom is 0.271 e. The Kier molecular flexibility index (Phi) is 7.26. The third-order valence-electron chi connectivity index (χ3n) is 4.27. The minimum atomic E-state index is -0.596. The summed E-state index contributed by atoms with van der Waals surface area (Å²) in [6, 6.07) is 19.6. The molecule has 0 radical (unpaired) electrons. The van der Waals surface area contributed by atoms with E-state index in [-0.39, 0.29) is 23.8 Å². The van der Waals surface area contributed by atoms with Crippen molar-refractivity contribution >= 4 is 29.4 Å². The van der Waals surface area contributed by atoms with Crippen LogP contribution in [0, 0.1) is 17.0 Å². The zero-order chi connectivity index (χ0) is 22.9. The third kappa shape index (κ3) is 6.23. The summed E-state index contributed by atoms with van der Waals surface area (Å²) < 4.78 is 5.59. The Labute approximate surface area is 183 Å². The molecule has 0 bridgehead atoms. The number of hydrogen-bond donors (Lipinski definition) is 2. The molecule has 2 amide bonds. The van der Waals surface area contributed by atoms with Crippen LogP contribution in [-0.2, 0) is 4.79 Å². The number of amides is 2. The van der Waals surface area contributed by atoms with Gasteiger partial charge in [0.05, 0.1) is 11.1 Å². The van der Waals surface area contributed by atoms with E-state index in [1.54, 1.807) is 30.3 Å². The number of nitro groups is 1. The van der Waals surface area contributed by atoms with Gasteiger partial charge in [0.25, 0.3) is 17.5 Å². The number of rotatable bonds is 8. The second-order valence-corrected chi connectivity index (χ2v) is 6.75. The molecule has 0 atom stereocenters. The Hall–Kier alpha value is -4.53. The van der Waals surface area contributed by atoms with Crippen LogP contribution < -0.4 is 15.5 Å². The van der Waals surface area contributed by atoms with E-state index in [0.29, 0.717) is 17.0 Å². The van der Waals surface area contributed by atoms with E-state index in [4.69, 9.17) is 4.74 Å². The van der Waals surface area contributed by atoms with Crippen molar-refractivity contribution < 1.29 is 19.2 Å². The number of non-ortho nitro benzene ring substituents is 1. The standard InChI is InChI=1S/C23H20N4O5/c1-16-6-4-9-19(12-16)25-22(28)15-32-21-11-3-2-7-18(21)14-24-26-23(29)17-8-5-10-20(13-17)27(30)31/h2-14H,15H2,1H3,(H,25,28)(H,26,29)/b24-14+. The van der Waals surface area contributed by atoms with Crippen molar-refractivity contribution in [2.45, 2.75) is 6.92 Å². The summed E-state index contributed by atoms with van der Waals surface area (Å²) >= 11 is 0. The molecular weight excluding hydrogens is 412 g/mol. The van der Waals surface area contributed by atoms with Crippen molar-refractivity contribution in [3.05, 3.63) is 99.6 Å². The van der Waals surface area contributed by atoms with E-state index >= 15 is 0 Å². The first-order chi connectivity index (χ1) is 15.4. The lowest BCUT2D eigenvalue weighted by Crippen LogP contribution is -2.20. The zero-order valence-corrected chi connectivity index (χ0v) is 17.1. The predicted molar refractivity (Wildman–Crippen MR) is 120 cm³/mol. The van der Waals surface area contributed by atoms with Crippen LogP contribution in [0.5, 0.6) is 5.75 Å². The van der Waals surface area contributed by atoms with E-state index < -0.39 is 10.8 Å². The molecule has 32 heavy (non-hydrogen) atoms. The highest BCUT2D eigenvalue weighted by molar-refractivity contribution is 5.95. The summed E-state index contributed by atoms with van der Waals surface area (Å²) in [5.74, 6) is -0.512.